The largest absolute Gasteiger partial charge is 0.355 e. The first-order valence-corrected chi connectivity index (χ1v) is 6.92. The Bertz CT molecular complexity index is 536. The molecule has 2 aliphatic heterocycles. The summed E-state index contributed by atoms with van der Waals surface area (Å²) in [4.78, 5) is 25.9. The van der Waals surface area contributed by atoms with E-state index >= 15 is 0 Å². The second-order valence-electron chi connectivity index (χ2n) is 5.31. The van der Waals surface area contributed by atoms with E-state index in [0.29, 0.717) is 18.5 Å². The molecule has 0 aliphatic carbocycles. The highest BCUT2D eigenvalue weighted by Gasteiger charge is 2.47. The maximum absolute atomic E-state index is 12.3. The van der Waals surface area contributed by atoms with E-state index in [1.54, 1.807) is 6.07 Å². The fourth-order valence-corrected chi connectivity index (χ4v) is 2.75. The van der Waals surface area contributed by atoms with Gasteiger partial charge in [0.15, 0.2) is 0 Å². The molecule has 5 nitrogen and oxygen atoms in total. The number of hydrogen-bond donors (Lipinski definition) is 1. The average molecular weight is 274 g/mol. The molecule has 1 N–H and O–H groups in total. The van der Waals surface area contributed by atoms with Crippen LogP contribution < -0.4 is 10.2 Å². The summed E-state index contributed by atoms with van der Waals surface area (Å²) in [6.45, 7) is 2.03. The molecule has 3 rings (SSSR count). The van der Waals surface area contributed by atoms with Crippen molar-refractivity contribution in [1.82, 2.24) is 5.32 Å². The van der Waals surface area contributed by atoms with Crippen LogP contribution >= 0.6 is 0 Å². The van der Waals surface area contributed by atoms with E-state index in [1.807, 2.05) is 32.2 Å². The molecule has 0 saturated carbocycles. The molecule has 2 bridgehead atoms. The zero-order valence-corrected chi connectivity index (χ0v) is 11.6. The molecule has 106 valence electrons. The molecule has 2 aliphatic rings. The van der Waals surface area contributed by atoms with Gasteiger partial charge in [-0.3, -0.25) is 9.59 Å². The minimum Gasteiger partial charge on any atom is -0.355 e. The molecule has 5 heteroatoms. The summed E-state index contributed by atoms with van der Waals surface area (Å²) in [6.07, 6.45) is 0.364. The lowest BCUT2D eigenvalue weighted by Crippen LogP contribution is -2.52. The Hall–Kier alpha value is -1.72. The van der Waals surface area contributed by atoms with Crippen molar-refractivity contribution in [1.29, 1.82) is 0 Å². The first-order valence-electron chi connectivity index (χ1n) is 6.92. The van der Waals surface area contributed by atoms with Gasteiger partial charge in [0.2, 0.25) is 0 Å². The van der Waals surface area contributed by atoms with Crippen molar-refractivity contribution >= 4 is 17.5 Å². The number of fused-ring (bicyclic) bond motifs is 2. The third-order valence-corrected chi connectivity index (χ3v) is 4.07. The Morgan fingerprint density at radius 3 is 2.50 bits per heavy atom. The molecule has 0 aromatic heterocycles. The van der Waals surface area contributed by atoms with Gasteiger partial charge in [-0.15, -0.1) is 0 Å². The number of imide groups is 1. The van der Waals surface area contributed by atoms with Crippen LogP contribution in [-0.2, 0) is 14.3 Å². The topological polar surface area (TPSA) is 58.6 Å². The van der Waals surface area contributed by atoms with Gasteiger partial charge in [-0.1, -0.05) is 12.1 Å². The number of amides is 2. The number of rotatable bonds is 3. The van der Waals surface area contributed by atoms with Crippen molar-refractivity contribution in [2.24, 2.45) is 0 Å². The Labute approximate surface area is 117 Å². The second-order valence-corrected chi connectivity index (χ2v) is 5.31. The molecule has 2 heterocycles. The lowest BCUT2D eigenvalue weighted by atomic mass is 10.1. The van der Waals surface area contributed by atoms with Gasteiger partial charge in [0.1, 0.15) is 12.2 Å². The van der Waals surface area contributed by atoms with Crippen LogP contribution in [0, 0.1) is 0 Å². The fourth-order valence-electron chi connectivity index (χ4n) is 2.75. The third kappa shape index (κ3) is 2.03. The Balaban J connectivity index is 1.96. The smallest absolute Gasteiger partial charge is 0.262 e. The maximum atomic E-state index is 12.3. The summed E-state index contributed by atoms with van der Waals surface area (Å²) >= 11 is 0. The van der Waals surface area contributed by atoms with Crippen LogP contribution in [0.2, 0.25) is 0 Å². The van der Waals surface area contributed by atoms with E-state index in [4.69, 9.17) is 4.74 Å². The van der Waals surface area contributed by atoms with Gasteiger partial charge in [-0.2, -0.15) is 0 Å². The number of nitrogens with one attached hydrogen (secondary N) is 1. The van der Waals surface area contributed by atoms with Gasteiger partial charge in [-0.25, -0.2) is 4.90 Å². The van der Waals surface area contributed by atoms with E-state index < -0.39 is 12.2 Å². The monoisotopic (exact) mass is 274 g/mol. The zero-order chi connectivity index (χ0) is 14.3. The number of benzene rings is 1. The number of carbonyl (C=O) groups is 2. The van der Waals surface area contributed by atoms with Crippen LogP contribution in [0.25, 0.3) is 0 Å². The van der Waals surface area contributed by atoms with E-state index in [1.165, 1.54) is 4.90 Å². The minimum atomic E-state index is -0.455. The third-order valence-electron chi connectivity index (χ3n) is 4.07. The highest BCUT2D eigenvalue weighted by Crippen LogP contribution is 2.32. The molecule has 3 atom stereocenters. The summed E-state index contributed by atoms with van der Waals surface area (Å²) in [5.74, 6) is -0.476. The summed E-state index contributed by atoms with van der Waals surface area (Å²) in [6, 6.07) is 7.71. The van der Waals surface area contributed by atoms with Crippen molar-refractivity contribution in [3.8, 4) is 0 Å². The number of morpholine rings is 1. The predicted molar refractivity (Wildman–Crippen MR) is 74.3 cm³/mol. The molecular formula is C15H18N2O3. The molecule has 3 unspecified atom stereocenters. The predicted octanol–water partition coefficient (Wildman–Crippen LogP) is 1.39. The zero-order valence-electron chi connectivity index (χ0n) is 11.6. The van der Waals surface area contributed by atoms with Gasteiger partial charge in [0.05, 0.1) is 5.69 Å². The number of hydrogen-bond acceptors (Lipinski definition) is 4. The molecular weight excluding hydrogens is 256 g/mol. The van der Waals surface area contributed by atoms with E-state index in [0.717, 1.165) is 5.56 Å². The quantitative estimate of drug-likeness (QED) is 0.846. The van der Waals surface area contributed by atoms with E-state index in [-0.39, 0.29) is 17.9 Å². The molecule has 2 saturated heterocycles. The average Bonchev–Trinajstić information content (AvgIpc) is 2.92. The van der Waals surface area contributed by atoms with Crippen molar-refractivity contribution in [3.05, 3.63) is 29.8 Å². The van der Waals surface area contributed by atoms with Gasteiger partial charge in [-0.05, 0) is 44.5 Å². The standard InChI is InChI=1S/C15H18N2O3/c1-9(16-2)10-4-3-5-11(8-10)17-14(18)12-6-7-13(20-12)15(17)19/h3-5,8-9,12-13,16H,6-7H2,1-2H3. The highest BCUT2D eigenvalue weighted by molar-refractivity contribution is 6.19. The molecule has 2 fully saturated rings. The van der Waals surface area contributed by atoms with Gasteiger partial charge >= 0.3 is 0 Å². The van der Waals surface area contributed by atoms with Crippen LogP contribution in [0.5, 0.6) is 0 Å². The Kier molecular flexibility index (Phi) is 3.31. The van der Waals surface area contributed by atoms with Crippen LogP contribution in [0.15, 0.2) is 24.3 Å². The van der Waals surface area contributed by atoms with Crippen molar-refractivity contribution in [3.63, 3.8) is 0 Å². The number of ether oxygens (including phenoxy) is 1. The van der Waals surface area contributed by atoms with Crippen LogP contribution in [-0.4, -0.2) is 31.1 Å². The van der Waals surface area contributed by atoms with Crippen molar-refractivity contribution < 1.29 is 14.3 Å². The molecule has 0 radical (unpaired) electrons. The first-order chi connectivity index (χ1) is 9.61. The summed E-state index contributed by atoms with van der Waals surface area (Å²) in [7, 11) is 1.88. The summed E-state index contributed by atoms with van der Waals surface area (Å²) in [5, 5.41) is 3.15. The van der Waals surface area contributed by atoms with Crippen LogP contribution in [0.4, 0.5) is 5.69 Å². The Morgan fingerprint density at radius 2 is 1.90 bits per heavy atom. The SMILES string of the molecule is CNC(C)c1cccc(N2C(=O)C3CCC(O3)C2=O)c1. The number of anilines is 1. The molecule has 1 aromatic rings. The normalized spacial score (nSPS) is 27.0. The Morgan fingerprint density at radius 1 is 1.25 bits per heavy atom. The fraction of sp³-hybridized carbons (Fsp3) is 0.467. The number of nitrogens with zero attached hydrogens (tertiary/aromatic N) is 1. The van der Waals surface area contributed by atoms with E-state index in [9.17, 15) is 9.59 Å². The molecule has 2 amide bonds. The van der Waals surface area contributed by atoms with Gasteiger partial charge in [0, 0.05) is 6.04 Å². The maximum Gasteiger partial charge on any atom is 0.262 e. The summed E-state index contributed by atoms with van der Waals surface area (Å²) in [5.41, 5.74) is 1.68. The lowest BCUT2D eigenvalue weighted by Gasteiger charge is -2.30. The van der Waals surface area contributed by atoms with Gasteiger partial charge < -0.3 is 10.1 Å². The first kappa shape index (κ1) is 13.3. The van der Waals surface area contributed by atoms with Crippen LogP contribution in [0.1, 0.15) is 31.4 Å². The van der Waals surface area contributed by atoms with Gasteiger partial charge in [0.25, 0.3) is 11.8 Å². The molecule has 0 spiro atoms. The minimum absolute atomic E-state index is 0.165. The highest BCUT2D eigenvalue weighted by atomic mass is 16.5. The second kappa shape index (κ2) is 5.00. The molecule has 20 heavy (non-hydrogen) atoms. The lowest BCUT2D eigenvalue weighted by molar-refractivity contribution is -0.146. The van der Waals surface area contributed by atoms with Crippen molar-refractivity contribution in [2.75, 3.05) is 11.9 Å². The van der Waals surface area contributed by atoms with Crippen LogP contribution in [0.3, 0.4) is 0 Å². The summed E-state index contributed by atoms with van der Waals surface area (Å²) < 4.78 is 5.42. The van der Waals surface area contributed by atoms with Crippen molar-refractivity contribution in [2.45, 2.75) is 38.0 Å². The number of carbonyl (C=O) groups excluding carboxylic acids is 2. The molecule has 1 aromatic carbocycles. The van der Waals surface area contributed by atoms with E-state index in [2.05, 4.69) is 5.32 Å².